The van der Waals surface area contributed by atoms with Crippen molar-refractivity contribution in [2.24, 2.45) is 0 Å². The molecule has 2 N–H and O–H groups in total. The van der Waals surface area contributed by atoms with E-state index in [0.29, 0.717) is 6.61 Å². The summed E-state index contributed by atoms with van der Waals surface area (Å²) in [7, 11) is 1.51. The van der Waals surface area contributed by atoms with Gasteiger partial charge in [0.15, 0.2) is 0 Å². The SMILES string of the molecule is COC(=S)Nc1cccc(CO)c1COc1ccc(C)cc1C. The van der Waals surface area contributed by atoms with Crippen molar-refractivity contribution >= 4 is 23.1 Å². The zero-order valence-corrected chi connectivity index (χ0v) is 14.4. The van der Waals surface area contributed by atoms with Gasteiger partial charge >= 0.3 is 0 Å². The van der Waals surface area contributed by atoms with Crippen molar-refractivity contribution in [2.45, 2.75) is 27.1 Å². The molecule has 0 aliphatic carbocycles. The standard InChI is InChI=1S/C18H21NO3S/c1-12-7-8-17(13(2)9-12)22-11-15-14(10-20)5-4-6-16(15)19-18(23)21-3/h4-9,20H,10-11H2,1-3H3,(H,19,23). The van der Waals surface area contributed by atoms with Crippen LogP contribution in [0.2, 0.25) is 0 Å². The molecule has 122 valence electrons. The van der Waals surface area contributed by atoms with Gasteiger partial charge in [-0.3, -0.25) is 0 Å². The molecule has 2 aromatic rings. The van der Waals surface area contributed by atoms with Crippen LogP contribution < -0.4 is 10.1 Å². The Bertz CT molecular complexity index is 701. The fourth-order valence-corrected chi connectivity index (χ4v) is 2.45. The van der Waals surface area contributed by atoms with Crippen LogP contribution >= 0.6 is 12.2 Å². The van der Waals surface area contributed by atoms with Crippen molar-refractivity contribution in [1.82, 2.24) is 0 Å². The molecule has 0 unspecified atom stereocenters. The van der Waals surface area contributed by atoms with Gasteiger partial charge in [-0.2, -0.15) is 0 Å². The van der Waals surface area contributed by atoms with Crippen LogP contribution in [0.1, 0.15) is 22.3 Å². The highest BCUT2D eigenvalue weighted by atomic mass is 32.1. The Kier molecular flexibility index (Phi) is 5.96. The van der Waals surface area contributed by atoms with E-state index in [4.69, 9.17) is 21.7 Å². The van der Waals surface area contributed by atoms with Crippen LogP contribution in [0.15, 0.2) is 36.4 Å². The minimum Gasteiger partial charge on any atom is -0.489 e. The lowest BCUT2D eigenvalue weighted by Gasteiger charge is -2.17. The van der Waals surface area contributed by atoms with Crippen LogP contribution in [0.25, 0.3) is 0 Å². The highest BCUT2D eigenvalue weighted by molar-refractivity contribution is 7.80. The van der Waals surface area contributed by atoms with Gasteiger partial charge in [0.05, 0.1) is 13.7 Å². The normalized spacial score (nSPS) is 10.3. The number of hydrogen-bond acceptors (Lipinski definition) is 4. The average molecular weight is 331 g/mol. The molecule has 2 aromatic carbocycles. The molecule has 0 spiro atoms. The lowest BCUT2D eigenvalue weighted by Crippen LogP contribution is -2.14. The molecule has 0 saturated carbocycles. The van der Waals surface area contributed by atoms with E-state index in [0.717, 1.165) is 28.1 Å². The van der Waals surface area contributed by atoms with Crippen LogP contribution in [0, 0.1) is 13.8 Å². The fourth-order valence-electron chi connectivity index (χ4n) is 2.34. The maximum atomic E-state index is 9.57. The smallest absolute Gasteiger partial charge is 0.260 e. The first-order valence-corrected chi connectivity index (χ1v) is 7.72. The number of anilines is 1. The number of hydrogen-bond donors (Lipinski definition) is 2. The van der Waals surface area contributed by atoms with Crippen molar-refractivity contribution in [3.63, 3.8) is 0 Å². The summed E-state index contributed by atoms with van der Waals surface area (Å²) in [5, 5.41) is 12.9. The van der Waals surface area contributed by atoms with Gasteiger partial charge < -0.3 is 19.9 Å². The van der Waals surface area contributed by atoms with Crippen molar-refractivity contribution in [2.75, 3.05) is 12.4 Å². The third-order valence-electron chi connectivity index (χ3n) is 3.57. The van der Waals surface area contributed by atoms with Crippen LogP contribution in [0.4, 0.5) is 5.69 Å². The van der Waals surface area contributed by atoms with Crippen molar-refractivity contribution in [3.8, 4) is 5.75 Å². The second-order valence-corrected chi connectivity index (χ2v) is 5.65. The van der Waals surface area contributed by atoms with Gasteiger partial charge in [-0.15, -0.1) is 0 Å². The maximum Gasteiger partial charge on any atom is 0.260 e. The summed E-state index contributed by atoms with van der Waals surface area (Å²) < 4.78 is 10.9. The summed E-state index contributed by atoms with van der Waals surface area (Å²) in [5.41, 5.74) is 4.69. The molecule has 2 rings (SSSR count). The molecular formula is C18H21NO3S. The van der Waals surface area contributed by atoms with E-state index in [1.807, 2.05) is 44.2 Å². The van der Waals surface area contributed by atoms with Gasteiger partial charge in [0.25, 0.3) is 5.17 Å². The first kappa shape index (κ1) is 17.2. The minimum atomic E-state index is -0.0686. The molecule has 0 radical (unpaired) electrons. The van der Waals surface area contributed by atoms with Gasteiger partial charge in [-0.05, 0) is 49.3 Å². The molecule has 5 heteroatoms. The highest BCUT2D eigenvalue weighted by Gasteiger charge is 2.11. The Morgan fingerprint density at radius 3 is 2.65 bits per heavy atom. The second-order valence-electron chi connectivity index (χ2n) is 5.28. The molecule has 0 amide bonds. The Morgan fingerprint density at radius 1 is 1.22 bits per heavy atom. The van der Waals surface area contributed by atoms with Gasteiger partial charge in [-0.1, -0.05) is 29.8 Å². The quantitative estimate of drug-likeness (QED) is 0.818. The molecule has 0 aliphatic heterocycles. The Labute approximate surface area is 142 Å². The minimum absolute atomic E-state index is 0.0686. The topological polar surface area (TPSA) is 50.7 Å². The Morgan fingerprint density at radius 2 is 2.00 bits per heavy atom. The molecule has 0 atom stereocenters. The number of aliphatic hydroxyl groups excluding tert-OH is 1. The van der Waals surface area contributed by atoms with Crippen LogP contribution in [-0.4, -0.2) is 17.4 Å². The number of aliphatic hydroxyl groups is 1. The third kappa shape index (κ3) is 4.43. The molecular weight excluding hydrogens is 310 g/mol. The van der Waals surface area contributed by atoms with Crippen molar-refractivity contribution in [1.29, 1.82) is 0 Å². The van der Waals surface area contributed by atoms with E-state index in [9.17, 15) is 5.11 Å². The number of aryl methyl sites for hydroxylation is 2. The molecule has 0 fully saturated rings. The molecule has 4 nitrogen and oxygen atoms in total. The zero-order valence-electron chi connectivity index (χ0n) is 13.6. The molecule has 23 heavy (non-hydrogen) atoms. The highest BCUT2D eigenvalue weighted by Crippen LogP contribution is 2.25. The van der Waals surface area contributed by atoms with E-state index in [2.05, 4.69) is 11.4 Å². The van der Waals surface area contributed by atoms with Gasteiger partial charge in [0.1, 0.15) is 12.4 Å². The van der Waals surface area contributed by atoms with Crippen molar-refractivity contribution in [3.05, 3.63) is 58.7 Å². The molecule has 0 aliphatic rings. The predicted molar refractivity (Wildman–Crippen MR) is 95.8 cm³/mol. The van der Waals surface area contributed by atoms with Crippen molar-refractivity contribution < 1.29 is 14.6 Å². The first-order chi connectivity index (χ1) is 11.0. The number of benzene rings is 2. The number of rotatable bonds is 5. The van der Waals surface area contributed by atoms with Gasteiger partial charge in [0, 0.05) is 11.3 Å². The monoisotopic (exact) mass is 331 g/mol. The summed E-state index contributed by atoms with van der Waals surface area (Å²) in [6.07, 6.45) is 0. The molecule has 0 saturated heterocycles. The zero-order chi connectivity index (χ0) is 16.8. The van der Waals surface area contributed by atoms with E-state index >= 15 is 0 Å². The molecule has 0 aromatic heterocycles. The molecule has 0 heterocycles. The predicted octanol–water partition coefficient (Wildman–Crippen LogP) is 3.72. The maximum absolute atomic E-state index is 9.57. The number of thiocarbonyl (C=S) groups is 1. The summed E-state index contributed by atoms with van der Waals surface area (Å²) in [6.45, 7) is 4.32. The van der Waals surface area contributed by atoms with Crippen LogP contribution in [0.5, 0.6) is 5.75 Å². The fraction of sp³-hybridized carbons (Fsp3) is 0.278. The van der Waals surface area contributed by atoms with E-state index in [-0.39, 0.29) is 11.8 Å². The average Bonchev–Trinajstić information content (AvgIpc) is 2.54. The lowest BCUT2D eigenvalue weighted by atomic mass is 10.1. The third-order valence-corrected chi connectivity index (χ3v) is 3.84. The molecule has 0 bridgehead atoms. The number of nitrogens with one attached hydrogen (secondary N) is 1. The second kappa shape index (κ2) is 7.94. The number of methoxy groups -OCH3 is 1. The van der Waals surface area contributed by atoms with Gasteiger partial charge in [0.2, 0.25) is 0 Å². The lowest BCUT2D eigenvalue weighted by molar-refractivity contribution is 0.269. The summed E-state index contributed by atoms with van der Waals surface area (Å²) in [4.78, 5) is 0. The van der Waals surface area contributed by atoms with Crippen LogP contribution in [0.3, 0.4) is 0 Å². The Balaban J connectivity index is 2.24. The summed E-state index contributed by atoms with van der Waals surface area (Å²) in [6, 6.07) is 11.6. The van der Waals surface area contributed by atoms with Gasteiger partial charge in [-0.25, -0.2) is 0 Å². The van der Waals surface area contributed by atoms with E-state index in [1.54, 1.807) is 0 Å². The van der Waals surface area contributed by atoms with E-state index < -0.39 is 0 Å². The summed E-state index contributed by atoms with van der Waals surface area (Å²) >= 11 is 5.05. The first-order valence-electron chi connectivity index (χ1n) is 7.31. The van der Waals surface area contributed by atoms with Crippen LogP contribution in [-0.2, 0) is 18.0 Å². The Hall–Kier alpha value is -2.11. The number of ether oxygens (including phenoxy) is 2. The van der Waals surface area contributed by atoms with E-state index in [1.165, 1.54) is 12.7 Å². The summed E-state index contributed by atoms with van der Waals surface area (Å²) in [5.74, 6) is 0.823. The largest absolute Gasteiger partial charge is 0.489 e.